The van der Waals surface area contributed by atoms with Crippen LogP contribution in [-0.2, 0) is 4.79 Å². The van der Waals surface area contributed by atoms with E-state index in [0.29, 0.717) is 16.7 Å². The zero-order valence-electron chi connectivity index (χ0n) is 12.7. The minimum absolute atomic E-state index is 0.236. The lowest BCUT2D eigenvalue weighted by Gasteiger charge is -2.39. The van der Waals surface area contributed by atoms with Gasteiger partial charge in [0.1, 0.15) is 0 Å². The fourth-order valence-electron chi connectivity index (χ4n) is 4.01. The molecular formula is C16H28O2. The molecule has 0 amide bonds. The van der Waals surface area contributed by atoms with E-state index in [1.54, 1.807) is 0 Å². The zero-order chi connectivity index (χ0) is 13.9. The summed E-state index contributed by atoms with van der Waals surface area (Å²) in [6.07, 6.45) is 3.75. The summed E-state index contributed by atoms with van der Waals surface area (Å²) in [6.45, 7) is 13.0. The number of rotatable bonds is 4. The van der Waals surface area contributed by atoms with E-state index in [9.17, 15) is 9.90 Å². The number of carboxylic acids is 1. The van der Waals surface area contributed by atoms with Crippen molar-refractivity contribution in [1.82, 2.24) is 0 Å². The largest absolute Gasteiger partial charge is 0.481 e. The Bertz CT molecular complexity index is 369. The molecule has 0 aromatic carbocycles. The molecular weight excluding hydrogens is 224 g/mol. The summed E-state index contributed by atoms with van der Waals surface area (Å²) >= 11 is 0. The van der Waals surface area contributed by atoms with E-state index >= 15 is 0 Å². The van der Waals surface area contributed by atoms with Crippen LogP contribution in [0.2, 0.25) is 0 Å². The van der Waals surface area contributed by atoms with Crippen LogP contribution >= 0.6 is 0 Å². The van der Waals surface area contributed by atoms with Crippen LogP contribution in [0.15, 0.2) is 0 Å². The van der Waals surface area contributed by atoms with Crippen LogP contribution in [0.5, 0.6) is 0 Å². The fourth-order valence-corrected chi connectivity index (χ4v) is 4.01. The van der Waals surface area contributed by atoms with Crippen LogP contribution in [0.4, 0.5) is 0 Å². The highest BCUT2D eigenvalue weighted by molar-refractivity contribution is 5.73. The van der Waals surface area contributed by atoms with E-state index in [-0.39, 0.29) is 5.92 Å². The van der Waals surface area contributed by atoms with Gasteiger partial charge >= 0.3 is 5.97 Å². The van der Waals surface area contributed by atoms with Crippen molar-refractivity contribution in [1.29, 1.82) is 0 Å². The number of hydrogen-bond acceptors (Lipinski definition) is 1. The summed E-state index contributed by atoms with van der Waals surface area (Å²) in [5.74, 6) is 1.16. The average Bonchev–Trinajstić information content (AvgIpc) is 2.84. The van der Waals surface area contributed by atoms with Crippen molar-refractivity contribution in [3.05, 3.63) is 0 Å². The predicted octanol–water partition coefficient (Wildman–Crippen LogP) is 4.20. The lowest BCUT2D eigenvalue weighted by molar-refractivity contribution is -0.150. The first-order chi connectivity index (χ1) is 8.03. The van der Waals surface area contributed by atoms with Crippen LogP contribution < -0.4 is 0 Å². The van der Waals surface area contributed by atoms with E-state index in [4.69, 9.17) is 0 Å². The number of hydrogen-bond donors (Lipinski definition) is 1. The molecule has 4 unspecified atom stereocenters. The van der Waals surface area contributed by atoms with Gasteiger partial charge < -0.3 is 5.11 Å². The Hall–Kier alpha value is -0.530. The molecule has 4 atom stereocenters. The van der Waals surface area contributed by atoms with E-state index in [1.807, 2.05) is 13.8 Å². The fraction of sp³-hybridized carbons (Fsp3) is 0.938. The monoisotopic (exact) mass is 252 g/mol. The molecule has 18 heavy (non-hydrogen) atoms. The highest BCUT2D eigenvalue weighted by Gasteiger charge is 2.67. The molecule has 2 aliphatic carbocycles. The predicted molar refractivity (Wildman–Crippen MR) is 73.3 cm³/mol. The molecule has 0 aromatic heterocycles. The van der Waals surface area contributed by atoms with Crippen LogP contribution in [0.25, 0.3) is 0 Å². The minimum atomic E-state index is -0.665. The van der Waals surface area contributed by atoms with E-state index in [2.05, 4.69) is 27.7 Å². The van der Waals surface area contributed by atoms with Crippen LogP contribution in [-0.4, -0.2) is 11.1 Å². The quantitative estimate of drug-likeness (QED) is 0.814. The first-order valence-electron chi connectivity index (χ1n) is 7.27. The lowest BCUT2D eigenvalue weighted by atomic mass is 9.65. The van der Waals surface area contributed by atoms with Crippen LogP contribution in [0.1, 0.15) is 60.8 Å². The second-order valence-corrected chi connectivity index (χ2v) is 8.14. The molecule has 2 heteroatoms. The van der Waals surface area contributed by atoms with Crippen molar-refractivity contribution in [2.24, 2.45) is 34.0 Å². The maximum Gasteiger partial charge on any atom is 0.309 e. The molecule has 2 fully saturated rings. The van der Waals surface area contributed by atoms with Crippen molar-refractivity contribution in [2.45, 2.75) is 60.8 Å². The van der Waals surface area contributed by atoms with Crippen LogP contribution in [0, 0.1) is 34.0 Å². The molecule has 2 aliphatic rings. The van der Waals surface area contributed by atoms with Crippen molar-refractivity contribution >= 4 is 5.97 Å². The number of fused-ring (bicyclic) bond motifs is 1. The van der Waals surface area contributed by atoms with Gasteiger partial charge in [-0.05, 0) is 61.7 Å². The maximum absolute atomic E-state index is 11.3. The smallest absolute Gasteiger partial charge is 0.309 e. The molecule has 2 rings (SSSR count). The van der Waals surface area contributed by atoms with Crippen molar-refractivity contribution in [3.63, 3.8) is 0 Å². The van der Waals surface area contributed by atoms with E-state index in [0.717, 1.165) is 12.3 Å². The van der Waals surface area contributed by atoms with Gasteiger partial charge in [0.2, 0.25) is 0 Å². The highest BCUT2D eigenvalue weighted by Crippen LogP contribution is 2.74. The van der Waals surface area contributed by atoms with Gasteiger partial charge in [0.25, 0.3) is 0 Å². The lowest BCUT2D eigenvalue weighted by Crippen LogP contribution is -2.36. The third-order valence-electron chi connectivity index (χ3n) is 6.89. The van der Waals surface area contributed by atoms with Crippen LogP contribution in [0.3, 0.4) is 0 Å². The normalized spacial score (nSPS) is 39.2. The summed E-state index contributed by atoms with van der Waals surface area (Å²) in [7, 11) is 0. The number of aliphatic carboxylic acids is 1. The third kappa shape index (κ3) is 1.71. The summed E-state index contributed by atoms with van der Waals surface area (Å²) in [5, 5.41) is 9.33. The van der Waals surface area contributed by atoms with Gasteiger partial charge in [0, 0.05) is 0 Å². The Labute approximate surface area is 111 Å². The molecule has 0 saturated heterocycles. The molecule has 2 nitrogen and oxygen atoms in total. The van der Waals surface area contributed by atoms with Crippen molar-refractivity contribution < 1.29 is 9.90 Å². The highest BCUT2D eigenvalue weighted by atomic mass is 16.4. The summed E-state index contributed by atoms with van der Waals surface area (Å²) in [6, 6.07) is 0. The standard InChI is InChI=1S/C16H28O2/c1-10(14(2,3)13(17)18)7-11-8-12-9-16(12,6)15(11,4)5/h10-12H,7-9H2,1-6H3,(H,17,18). The average molecular weight is 252 g/mol. The minimum Gasteiger partial charge on any atom is -0.481 e. The van der Waals surface area contributed by atoms with Gasteiger partial charge in [-0.2, -0.15) is 0 Å². The van der Waals surface area contributed by atoms with Crippen molar-refractivity contribution in [2.75, 3.05) is 0 Å². The first kappa shape index (κ1) is 13.9. The zero-order valence-corrected chi connectivity index (χ0v) is 12.7. The Morgan fingerprint density at radius 3 is 2.33 bits per heavy atom. The summed E-state index contributed by atoms with van der Waals surface area (Å²) in [5.41, 5.74) is 0.301. The van der Waals surface area contributed by atoms with Gasteiger partial charge in [-0.25, -0.2) is 0 Å². The SMILES string of the molecule is CC(CC1CC2CC2(C)C1(C)C)C(C)(C)C(=O)O. The van der Waals surface area contributed by atoms with Gasteiger partial charge in [0.15, 0.2) is 0 Å². The molecule has 0 radical (unpaired) electrons. The second kappa shape index (κ2) is 3.74. The van der Waals surface area contributed by atoms with Gasteiger partial charge in [-0.1, -0.05) is 27.7 Å². The summed E-state index contributed by atoms with van der Waals surface area (Å²) < 4.78 is 0. The molecule has 0 spiro atoms. The molecule has 0 heterocycles. The van der Waals surface area contributed by atoms with Gasteiger partial charge in [0.05, 0.1) is 5.41 Å². The van der Waals surface area contributed by atoms with E-state index in [1.165, 1.54) is 12.8 Å². The van der Waals surface area contributed by atoms with Gasteiger partial charge in [-0.15, -0.1) is 0 Å². The maximum atomic E-state index is 11.3. The second-order valence-electron chi connectivity index (χ2n) is 8.14. The Morgan fingerprint density at radius 1 is 1.39 bits per heavy atom. The molecule has 104 valence electrons. The Balaban J connectivity index is 2.06. The topological polar surface area (TPSA) is 37.3 Å². The van der Waals surface area contributed by atoms with Gasteiger partial charge in [-0.3, -0.25) is 4.79 Å². The molecule has 0 aliphatic heterocycles. The third-order valence-corrected chi connectivity index (χ3v) is 6.89. The summed E-state index contributed by atoms with van der Waals surface area (Å²) in [4.78, 5) is 11.3. The number of carboxylic acid groups (broad SMARTS) is 1. The van der Waals surface area contributed by atoms with E-state index < -0.39 is 11.4 Å². The Kier molecular flexibility index (Phi) is 2.89. The first-order valence-corrected chi connectivity index (χ1v) is 7.27. The molecule has 0 aromatic rings. The molecule has 0 bridgehead atoms. The number of carbonyl (C=O) groups is 1. The molecule has 1 N–H and O–H groups in total. The Morgan fingerprint density at radius 2 is 1.94 bits per heavy atom. The molecule has 2 saturated carbocycles. The van der Waals surface area contributed by atoms with Crippen molar-refractivity contribution in [3.8, 4) is 0 Å².